The van der Waals surface area contributed by atoms with Crippen LogP contribution in [0.4, 0.5) is 0 Å². The van der Waals surface area contributed by atoms with Gasteiger partial charge in [0.2, 0.25) is 0 Å². The highest BCUT2D eigenvalue weighted by molar-refractivity contribution is 5.86. The van der Waals surface area contributed by atoms with Gasteiger partial charge in [-0.2, -0.15) is 0 Å². The number of para-hydroxylation sites is 1. The number of hydrogen-bond acceptors (Lipinski definition) is 3. The lowest BCUT2D eigenvalue weighted by molar-refractivity contribution is -0.139. The van der Waals surface area contributed by atoms with E-state index in [1.807, 2.05) is 32.3 Å². The zero-order chi connectivity index (χ0) is 13.6. The Bertz CT molecular complexity index is 635. The van der Waals surface area contributed by atoms with Crippen molar-refractivity contribution in [2.24, 2.45) is 7.05 Å². The Morgan fingerprint density at radius 3 is 2.79 bits per heavy atom. The van der Waals surface area contributed by atoms with Crippen LogP contribution in [-0.2, 0) is 11.8 Å². The minimum absolute atomic E-state index is 0.0758. The van der Waals surface area contributed by atoms with Crippen LogP contribution in [0, 0.1) is 0 Å². The molecule has 0 amide bonds. The van der Waals surface area contributed by atoms with Crippen molar-refractivity contribution < 1.29 is 9.90 Å². The molecule has 1 saturated heterocycles. The lowest BCUT2D eigenvalue weighted by Crippen LogP contribution is -2.38. The average Bonchev–Trinajstić information content (AvgIpc) is 2.91. The minimum Gasteiger partial charge on any atom is -0.480 e. The van der Waals surface area contributed by atoms with E-state index in [-0.39, 0.29) is 12.0 Å². The minimum atomic E-state index is -0.824. The topological polar surface area (TPSA) is 66.3 Å². The van der Waals surface area contributed by atoms with Crippen LogP contribution in [0.3, 0.4) is 0 Å². The maximum absolute atomic E-state index is 11.4. The molecule has 0 spiro atoms. The molecule has 1 aromatic heterocycles. The first-order valence-corrected chi connectivity index (χ1v) is 6.37. The lowest BCUT2D eigenvalue weighted by atomic mass is 9.88. The zero-order valence-electron chi connectivity index (χ0n) is 10.9. The van der Waals surface area contributed by atoms with Crippen LogP contribution in [0.2, 0.25) is 0 Å². The monoisotopic (exact) mass is 259 g/mol. The van der Waals surface area contributed by atoms with Crippen molar-refractivity contribution >= 4 is 16.9 Å². The molecule has 3 rings (SSSR count). The summed E-state index contributed by atoms with van der Waals surface area (Å²) in [5.41, 5.74) is 8.11. The van der Waals surface area contributed by atoms with E-state index in [9.17, 15) is 9.90 Å². The van der Waals surface area contributed by atoms with Gasteiger partial charge < -0.3 is 9.67 Å². The first kappa shape index (κ1) is 12.2. The first-order valence-electron chi connectivity index (χ1n) is 6.37. The third-order valence-corrected chi connectivity index (χ3v) is 3.92. The van der Waals surface area contributed by atoms with E-state index < -0.39 is 12.0 Å². The number of carboxylic acid groups (broad SMARTS) is 1. The standard InChI is InChI=1S/C14H17N3O2/c1-8-12(13(14(18)19)16-15-8)10-7-17(2)11-6-4-3-5-9(10)11/h3-8,12-13,15-16H,1-2H3,(H,18,19). The Hall–Kier alpha value is -1.85. The van der Waals surface area contributed by atoms with Crippen molar-refractivity contribution in [3.8, 4) is 0 Å². The summed E-state index contributed by atoms with van der Waals surface area (Å²) in [7, 11) is 1.99. The number of carbonyl (C=O) groups is 1. The third-order valence-electron chi connectivity index (χ3n) is 3.92. The molecule has 0 saturated carbocycles. The molecule has 1 aliphatic heterocycles. The average molecular weight is 259 g/mol. The summed E-state index contributed by atoms with van der Waals surface area (Å²) in [6.07, 6.45) is 2.04. The smallest absolute Gasteiger partial charge is 0.322 e. The second kappa shape index (κ2) is 4.36. The number of hydrogen-bond donors (Lipinski definition) is 3. The molecule has 5 heteroatoms. The Morgan fingerprint density at radius 1 is 1.32 bits per heavy atom. The molecule has 0 bridgehead atoms. The summed E-state index contributed by atoms with van der Waals surface area (Å²) in [6.45, 7) is 2.00. The SMILES string of the molecule is CC1NNC(C(=O)O)C1c1cn(C)c2ccccc12. The molecule has 1 aromatic carbocycles. The molecular weight excluding hydrogens is 242 g/mol. The molecule has 3 unspecified atom stereocenters. The summed E-state index contributed by atoms with van der Waals surface area (Å²) in [5.74, 6) is -0.904. The van der Waals surface area contributed by atoms with E-state index in [0.717, 1.165) is 16.5 Å². The molecule has 0 aliphatic carbocycles. The number of carboxylic acids is 1. The van der Waals surface area contributed by atoms with Crippen molar-refractivity contribution in [1.82, 2.24) is 15.4 Å². The number of hydrazine groups is 1. The van der Waals surface area contributed by atoms with Gasteiger partial charge in [-0.15, -0.1) is 0 Å². The predicted octanol–water partition coefficient (Wildman–Crippen LogP) is 1.21. The van der Waals surface area contributed by atoms with Gasteiger partial charge in [-0.25, -0.2) is 5.43 Å². The molecule has 5 nitrogen and oxygen atoms in total. The van der Waals surface area contributed by atoms with Gasteiger partial charge in [-0.05, 0) is 18.6 Å². The van der Waals surface area contributed by atoms with E-state index in [2.05, 4.69) is 27.6 Å². The van der Waals surface area contributed by atoms with Crippen molar-refractivity contribution in [1.29, 1.82) is 0 Å². The van der Waals surface area contributed by atoms with E-state index in [0.29, 0.717) is 0 Å². The molecule has 1 fully saturated rings. The second-order valence-corrected chi connectivity index (χ2v) is 5.13. The molecule has 19 heavy (non-hydrogen) atoms. The maximum Gasteiger partial charge on any atom is 0.322 e. The van der Waals surface area contributed by atoms with Crippen LogP contribution in [0.25, 0.3) is 10.9 Å². The fraction of sp³-hybridized carbons (Fsp3) is 0.357. The van der Waals surface area contributed by atoms with E-state index in [1.54, 1.807) is 0 Å². The maximum atomic E-state index is 11.4. The predicted molar refractivity (Wildman–Crippen MR) is 72.8 cm³/mol. The Labute approximate surface area is 111 Å². The van der Waals surface area contributed by atoms with E-state index in [1.165, 1.54) is 0 Å². The van der Waals surface area contributed by atoms with Gasteiger partial charge in [0.1, 0.15) is 6.04 Å². The highest BCUT2D eigenvalue weighted by Gasteiger charge is 2.40. The number of aliphatic carboxylic acids is 1. The van der Waals surface area contributed by atoms with Gasteiger partial charge in [-0.3, -0.25) is 10.2 Å². The van der Waals surface area contributed by atoms with E-state index in [4.69, 9.17) is 0 Å². The molecular formula is C14H17N3O2. The third kappa shape index (κ3) is 1.82. The normalized spacial score (nSPS) is 26.9. The van der Waals surface area contributed by atoms with Crippen LogP contribution < -0.4 is 10.9 Å². The van der Waals surface area contributed by atoms with Gasteiger partial charge in [0, 0.05) is 36.1 Å². The molecule has 1 aliphatic rings. The van der Waals surface area contributed by atoms with Crippen molar-refractivity contribution in [2.75, 3.05) is 0 Å². The lowest BCUT2D eigenvalue weighted by Gasteiger charge is -2.17. The van der Waals surface area contributed by atoms with E-state index >= 15 is 0 Å². The summed E-state index contributed by atoms with van der Waals surface area (Å²) in [6, 6.07) is 7.56. The van der Waals surface area contributed by atoms with Crippen LogP contribution in [-0.4, -0.2) is 27.7 Å². The molecule has 3 N–H and O–H groups in total. The van der Waals surface area contributed by atoms with Gasteiger partial charge in [-0.1, -0.05) is 18.2 Å². The molecule has 3 atom stereocenters. The number of nitrogens with one attached hydrogen (secondary N) is 2. The van der Waals surface area contributed by atoms with Gasteiger partial charge in [0.15, 0.2) is 0 Å². The highest BCUT2D eigenvalue weighted by Crippen LogP contribution is 2.33. The van der Waals surface area contributed by atoms with Gasteiger partial charge in [0.25, 0.3) is 0 Å². The number of rotatable bonds is 2. The number of benzene rings is 1. The molecule has 2 heterocycles. The highest BCUT2D eigenvalue weighted by atomic mass is 16.4. The van der Waals surface area contributed by atoms with Gasteiger partial charge in [0.05, 0.1) is 0 Å². The van der Waals surface area contributed by atoms with Crippen molar-refractivity contribution in [2.45, 2.75) is 24.9 Å². The summed E-state index contributed by atoms with van der Waals surface area (Å²) >= 11 is 0. The fourth-order valence-electron chi connectivity index (χ4n) is 2.99. The Kier molecular flexibility index (Phi) is 2.80. The Balaban J connectivity index is 2.15. The Morgan fingerprint density at radius 2 is 2.05 bits per heavy atom. The summed E-state index contributed by atoms with van der Waals surface area (Å²) in [5, 5.41) is 10.5. The van der Waals surface area contributed by atoms with Gasteiger partial charge >= 0.3 is 5.97 Å². The zero-order valence-corrected chi connectivity index (χ0v) is 10.9. The van der Waals surface area contributed by atoms with Crippen molar-refractivity contribution in [3.63, 3.8) is 0 Å². The summed E-state index contributed by atoms with van der Waals surface area (Å²) < 4.78 is 2.05. The van der Waals surface area contributed by atoms with Crippen molar-refractivity contribution in [3.05, 3.63) is 36.0 Å². The van der Waals surface area contributed by atoms with Crippen LogP contribution in [0.5, 0.6) is 0 Å². The fourth-order valence-corrected chi connectivity index (χ4v) is 2.99. The first-order chi connectivity index (χ1) is 9.09. The largest absolute Gasteiger partial charge is 0.480 e. The number of fused-ring (bicyclic) bond motifs is 1. The molecule has 2 aromatic rings. The second-order valence-electron chi connectivity index (χ2n) is 5.13. The number of aromatic nitrogens is 1. The van der Waals surface area contributed by atoms with Crippen LogP contribution >= 0.6 is 0 Å². The molecule has 100 valence electrons. The quantitative estimate of drug-likeness (QED) is 0.758. The van der Waals surface area contributed by atoms with Crippen LogP contribution in [0.15, 0.2) is 30.5 Å². The molecule has 0 radical (unpaired) electrons. The van der Waals surface area contributed by atoms with Crippen LogP contribution in [0.1, 0.15) is 18.4 Å². The number of nitrogens with zero attached hydrogens (tertiary/aromatic N) is 1. The number of aryl methyl sites for hydroxylation is 1. The summed E-state index contributed by atoms with van der Waals surface area (Å²) in [4.78, 5) is 11.4.